The van der Waals surface area contributed by atoms with Crippen molar-refractivity contribution in [2.45, 2.75) is 24.9 Å². The fourth-order valence-corrected chi connectivity index (χ4v) is 3.97. The summed E-state index contributed by atoms with van der Waals surface area (Å²) in [7, 11) is 2.54. The van der Waals surface area contributed by atoms with Crippen LogP contribution >= 0.6 is 0 Å². The van der Waals surface area contributed by atoms with Crippen molar-refractivity contribution in [3.63, 3.8) is 0 Å². The van der Waals surface area contributed by atoms with Crippen LogP contribution in [0.25, 0.3) is 0 Å². The maximum atomic E-state index is 12.4. The molecule has 0 spiro atoms. The molecule has 3 aliphatic rings. The van der Waals surface area contributed by atoms with Crippen molar-refractivity contribution in [2.24, 2.45) is 11.8 Å². The van der Waals surface area contributed by atoms with Gasteiger partial charge in [0, 0.05) is 6.20 Å². The number of hydrogen-bond acceptors (Lipinski definition) is 5. The lowest BCUT2D eigenvalue weighted by Crippen LogP contribution is -2.48. The molecule has 1 aliphatic heterocycles. The smallest absolute Gasteiger partial charge is 0.343 e. The molecule has 0 aromatic carbocycles. The normalized spacial score (nSPS) is 30.7. The number of hydrogen-bond donors (Lipinski definition) is 1. The molecule has 2 fully saturated rings. The number of aromatic nitrogens is 1. The van der Waals surface area contributed by atoms with E-state index in [-0.39, 0.29) is 35.0 Å². The third kappa shape index (κ3) is 1.59. The first-order valence-corrected chi connectivity index (χ1v) is 7.29. The van der Waals surface area contributed by atoms with E-state index in [0.29, 0.717) is 11.8 Å². The molecular weight excluding hydrogens is 288 g/mol. The summed E-state index contributed by atoms with van der Waals surface area (Å²) in [6, 6.07) is 0.136. The molecule has 1 aromatic rings. The van der Waals surface area contributed by atoms with Crippen molar-refractivity contribution in [1.29, 1.82) is 0 Å². The summed E-state index contributed by atoms with van der Waals surface area (Å²) in [6.45, 7) is 0. The van der Waals surface area contributed by atoms with E-state index in [2.05, 4.69) is 10.1 Å². The zero-order valence-corrected chi connectivity index (χ0v) is 12.3. The van der Waals surface area contributed by atoms with Gasteiger partial charge in [-0.05, 0) is 24.7 Å². The van der Waals surface area contributed by atoms with E-state index < -0.39 is 11.4 Å². The molecule has 4 atom stereocenters. The quantitative estimate of drug-likeness (QED) is 0.796. The number of nitrogens with zero attached hydrogens (tertiary/aromatic N) is 1. The van der Waals surface area contributed by atoms with Crippen LogP contribution in [0.5, 0.6) is 5.75 Å². The summed E-state index contributed by atoms with van der Waals surface area (Å²) >= 11 is 0. The predicted octanol–water partition coefficient (Wildman–Crippen LogP) is 0.336. The molecule has 2 heterocycles. The molecular formula is C15H16N2O5. The van der Waals surface area contributed by atoms with Gasteiger partial charge in [-0.25, -0.2) is 4.79 Å². The van der Waals surface area contributed by atoms with Gasteiger partial charge in [-0.1, -0.05) is 0 Å². The molecule has 22 heavy (non-hydrogen) atoms. The Morgan fingerprint density at radius 3 is 2.77 bits per heavy atom. The first-order chi connectivity index (χ1) is 10.6. The van der Waals surface area contributed by atoms with E-state index in [1.807, 2.05) is 0 Å². The highest BCUT2D eigenvalue weighted by Crippen LogP contribution is 2.57. The lowest BCUT2D eigenvalue weighted by Gasteiger charge is -2.34. The van der Waals surface area contributed by atoms with Crippen molar-refractivity contribution in [3.8, 4) is 5.75 Å². The minimum Gasteiger partial charge on any atom is -0.491 e. The number of esters is 1. The number of methoxy groups -OCH3 is 2. The Morgan fingerprint density at radius 2 is 2.09 bits per heavy atom. The highest BCUT2D eigenvalue weighted by molar-refractivity contribution is 5.98. The summed E-state index contributed by atoms with van der Waals surface area (Å²) in [5.41, 5.74) is -0.516. The van der Waals surface area contributed by atoms with Gasteiger partial charge in [-0.2, -0.15) is 0 Å². The molecule has 7 heteroatoms. The molecule has 0 bridgehead atoms. The molecule has 4 unspecified atom stereocenters. The molecule has 4 rings (SSSR count). The van der Waals surface area contributed by atoms with Crippen LogP contribution in [0.15, 0.2) is 11.0 Å². The molecule has 0 saturated heterocycles. The van der Waals surface area contributed by atoms with Crippen LogP contribution in [-0.2, 0) is 4.74 Å². The fraction of sp³-hybridized carbons (Fsp3) is 0.533. The molecule has 2 saturated carbocycles. The van der Waals surface area contributed by atoms with Crippen molar-refractivity contribution in [2.75, 3.05) is 14.2 Å². The van der Waals surface area contributed by atoms with Crippen LogP contribution in [0.1, 0.15) is 39.7 Å². The molecule has 1 N–H and O–H groups in total. The fourth-order valence-electron chi connectivity index (χ4n) is 3.97. The Labute approximate surface area is 126 Å². The summed E-state index contributed by atoms with van der Waals surface area (Å²) in [6.07, 6.45) is 3.53. The van der Waals surface area contributed by atoms with E-state index in [0.717, 1.165) is 12.8 Å². The Balaban J connectivity index is 1.94. The minimum atomic E-state index is -0.718. The van der Waals surface area contributed by atoms with E-state index >= 15 is 0 Å². The topological polar surface area (TPSA) is 86.6 Å². The van der Waals surface area contributed by atoms with Gasteiger partial charge in [0.1, 0.15) is 5.56 Å². The monoisotopic (exact) mass is 304 g/mol. The number of fused-ring (bicyclic) bond motifs is 5. The van der Waals surface area contributed by atoms with E-state index in [4.69, 9.17) is 4.74 Å². The maximum absolute atomic E-state index is 12.4. The second kappa shape index (κ2) is 4.34. The number of ether oxygens (including phenoxy) is 2. The zero-order chi connectivity index (χ0) is 15.6. The highest BCUT2D eigenvalue weighted by Gasteiger charge is 2.57. The number of carbonyl (C=O) groups excluding carboxylic acids is 2. The Morgan fingerprint density at radius 1 is 1.32 bits per heavy atom. The van der Waals surface area contributed by atoms with Gasteiger partial charge in [0.05, 0.1) is 26.3 Å². The van der Waals surface area contributed by atoms with Crippen LogP contribution in [0.3, 0.4) is 0 Å². The number of rotatable bonds is 2. The SMILES string of the molecule is COC(=O)c1cn2c(c(OC)c1=O)C(=O)NC1C3CC3CC12. The largest absolute Gasteiger partial charge is 0.491 e. The van der Waals surface area contributed by atoms with Crippen molar-refractivity contribution in [3.05, 3.63) is 27.7 Å². The number of pyridine rings is 1. The molecule has 2 aliphatic carbocycles. The van der Waals surface area contributed by atoms with Crippen molar-refractivity contribution in [1.82, 2.24) is 9.88 Å². The second-order valence-electron chi connectivity index (χ2n) is 6.11. The van der Waals surface area contributed by atoms with E-state index in [1.54, 1.807) is 4.57 Å². The average molecular weight is 304 g/mol. The lowest BCUT2D eigenvalue weighted by molar-refractivity contribution is 0.0595. The van der Waals surface area contributed by atoms with Gasteiger partial charge in [-0.15, -0.1) is 0 Å². The number of nitrogens with one attached hydrogen (secondary N) is 1. The Hall–Kier alpha value is -2.31. The third-order valence-electron chi connectivity index (χ3n) is 5.07. The molecule has 1 amide bonds. The van der Waals surface area contributed by atoms with Gasteiger partial charge < -0.3 is 19.4 Å². The molecule has 116 valence electrons. The first kappa shape index (κ1) is 13.4. The Bertz CT molecular complexity index is 753. The highest BCUT2D eigenvalue weighted by atomic mass is 16.5. The molecule has 7 nitrogen and oxygen atoms in total. The predicted molar refractivity (Wildman–Crippen MR) is 75.1 cm³/mol. The summed E-state index contributed by atoms with van der Waals surface area (Å²) in [4.78, 5) is 36.6. The van der Waals surface area contributed by atoms with Crippen molar-refractivity contribution >= 4 is 11.9 Å². The van der Waals surface area contributed by atoms with Crippen LogP contribution in [-0.4, -0.2) is 36.7 Å². The molecule has 0 radical (unpaired) electrons. The Kier molecular flexibility index (Phi) is 2.64. The standard InChI is InChI=1S/C15H16N2O5/c1-21-13-11-14(19)16-10-7-3-6(7)4-9(10)17(11)5-8(12(13)18)15(20)22-2/h5-7,9-10H,3-4H2,1-2H3,(H,16,19). The number of carbonyl (C=O) groups is 2. The number of amides is 1. The first-order valence-electron chi connectivity index (χ1n) is 7.29. The van der Waals surface area contributed by atoms with Crippen LogP contribution in [0, 0.1) is 11.8 Å². The third-order valence-corrected chi connectivity index (χ3v) is 5.07. The summed E-state index contributed by atoms with van der Waals surface area (Å²) in [5.74, 6) is -0.00905. The van der Waals surface area contributed by atoms with Gasteiger partial charge in [-0.3, -0.25) is 9.59 Å². The van der Waals surface area contributed by atoms with Crippen LogP contribution in [0.4, 0.5) is 0 Å². The lowest BCUT2D eigenvalue weighted by atomic mass is 10.0. The van der Waals surface area contributed by atoms with Crippen LogP contribution in [0.2, 0.25) is 0 Å². The maximum Gasteiger partial charge on any atom is 0.343 e. The van der Waals surface area contributed by atoms with E-state index in [9.17, 15) is 14.4 Å². The summed E-state index contributed by atoms with van der Waals surface area (Å²) < 4.78 is 11.5. The van der Waals surface area contributed by atoms with Gasteiger partial charge >= 0.3 is 5.97 Å². The zero-order valence-electron chi connectivity index (χ0n) is 12.3. The van der Waals surface area contributed by atoms with Crippen molar-refractivity contribution < 1.29 is 19.1 Å². The molecule has 1 aromatic heterocycles. The average Bonchev–Trinajstić information content (AvgIpc) is 3.20. The van der Waals surface area contributed by atoms with E-state index in [1.165, 1.54) is 20.4 Å². The minimum absolute atomic E-state index is 0.0642. The van der Waals surface area contributed by atoms with Crippen LogP contribution < -0.4 is 15.5 Å². The second-order valence-corrected chi connectivity index (χ2v) is 6.11. The van der Waals surface area contributed by atoms with Gasteiger partial charge in [0.15, 0.2) is 11.4 Å². The summed E-state index contributed by atoms with van der Waals surface area (Å²) in [5, 5.41) is 3.00. The van der Waals surface area contributed by atoms with Gasteiger partial charge in [0.2, 0.25) is 5.43 Å². The van der Waals surface area contributed by atoms with Gasteiger partial charge in [0.25, 0.3) is 5.91 Å².